The van der Waals surface area contributed by atoms with Crippen molar-refractivity contribution in [2.24, 2.45) is 7.05 Å². The van der Waals surface area contributed by atoms with Crippen LogP contribution in [0.15, 0.2) is 36.5 Å². The van der Waals surface area contributed by atoms with Crippen molar-refractivity contribution >= 4 is 23.2 Å². The van der Waals surface area contributed by atoms with Gasteiger partial charge in [-0.05, 0) is 18.2 Å². The van der Waals surface area contributed by atoms with Gasteiger partial charge >= 0.3 is 0 Å². The molecule has 0 amide bonds. The monoisotopic (exact) mass is 262 g/mol. The average Bonchev–Trinajstić information content (AvgIpc) is 2.76. The number of aryl methyl sites for hydroxylation is 1. The molecular formula is C13H11ClN2O2. The van der Waals surface area contributed by atoms with Gasteiger partial charge in [-0.25, -0.2) is 0 Å². The number of carbonyl (C=O) groups excluding carboxylic acids is 2. The number of carbonyl (C=O) groups is 2. The van der Waals surface area contributed by atoms with E-state index in [0.717, 1.165) is 0 Å². The fourth-order valence-electron chi connectivity index (χ4n) is 1.58. The minimum Gasteiger partial charge on any atom is -0.294 e. The van der Waals surface area contributed by atoms with E-state index in [4.69, 9.17) is 11.6 Å². The van der Waals surface area contributed by atoms with Crippen LogP contribution < -0.4 is 0 Å². The largest absolute Gasteiger partial charge is 0.294 e. The number of rotatable bonds is 4. The topological polar surface area (TPSA) is 52.0 Å². The quantitative estimate of drug-likeness (QED) is 0.628. The summed E-state index contributed by atoms with van der Waals surface area (Å²) >= 11 is 5.90. The highest BCUT2D eigenvalue weighted by molar-refractivity contribution is 6.34. The number of nitrogens with zero attached hydrogens (tertiary/aromatic N) is 2. The highest BCUT2D eigenvalue weighted by Gasteiger charge is 2.17. The van der Waals surface area contributed by atoms with Crippen molar-refractivity contribution in [2.45, 2.75) is 6.42 Å². The van der Waals surface area contributed by atoms with Crippen LogP contribution in [0.4, 0.5) is 0 Å². The van der Waals surface area contributed by atoms with Gasteiger partial charge in [0.15, 0.2) is 11.6 Å². The first-order chi connectivity index (χ1) is 8.58. The van der Waals surface area contributed by atoms with Gasteiger partial charge in [0.05, 0.1) is 11.4 Å². The lowest BCUT2D eigenvalue weighted by molar-refractivity contribution is 0.0891. The van der Waals surface area contributed by atoms with Crippen molar-refractivity contribution in [3.05, 3.63) is 52.8 Å². The first-order valence-electron chi connectivity index (χ1n) is 5.38. The third-order valence-corrected chi connectivity index (χ3v) is 2.82. The summed E-state index contributed by atoms with van der Waals surface area (Å²) in [4.78, 5) is 23.7. The van der Waals surface area contributed by atoms with E-state index >= 15 is 0 Å². The molecule has 92 valence electrons. The Bertz CT molecular complexity index is 605. The lowest BCUT2D eigenvalue weighted by atomic mass is 10.0. The zero-order valence-corrected chi connectivity index (χ0v) is 10.5. The van der Waals surface area contributed by atoms with Crippen molar-refractivity contribution in [3.63, 3.8) is 0 Å². The van der Waals surface area contributed by atoms with E-state index in [9.17, 15) is 9.59 Å². The summed E-state index contributed by atoms with van der Waals surface area (Å²) in [7, 11) is 1.71. The number of Topliss-reactive ketones (excluding diaryl/α,β-unsaturated/α-hetero) is 2. The van der Waals surface area contributed by atoms with Gasteiger partial charge in [0, 0.05) is 18.8 Å². The highest BCUT2D eigenvalue weighted by Crippen LogP contribution is 2.17. The van der Waals surface area contributed by atoms with Crippen LogP contribution >= 0.6 is 11.6 Å². The van der Waals surface area contributed by atoms with Gasteiger partial charge in [0.25, 0.3) is 0 Å². The minimum absolute atomic E-state index is 0.221. The van der Waals surface area contributed by atoms with Gasteiger partial charge in [-0.15, -0.1) is 0 Å². The molecule has 1 aromatic carbocycles. The molecule has 0 atom stereocenters. The number of aromatic nitrogens is 2. The maximum atomic E-state index is 11.9. The second kappa shape index (κ2) is 5.14. The number of hydrogen-bond donors (Lipinski definition) is 0. The van der Waals surface area contributed by atoms with E-state index < -0.39 is 0 Å². The zero-order valence-electron chi connectivity index (χ0n) is 9.76. The Morgan fingerprint density at radius 2 is 1.94 bits per heavy atom. The average molecular weight is 263 g/mol. The van der Waals surface area contributed by atoms with Gasteiger partial charge in [0.1, 0.15) is 5.69 Å². The Labute approximate surface area is 109 Å². The second-order valence-corrected chi connectivity index (χ2v) is 4.28. The van der Waals surface area contributed by atoms with Crippen LogP contribution in [0.2, 0.25) is 5.02 Å². The molecule has 0 aliphatic heterocycles. The van der Waals surface area contributed by atoms with E-state index in [1.165, 1.54) is 4.68 Å². The third kappa shape index (κ3) is 2.65. The van der Waals surface area contributed by atoms with Crippen LogP contribution in [0, 0.1) is 0 Å². The van der Waals surface area contributed by atoms with Crippen molar-refractivity contribution in [2.75, 3.05) is 0 Å². The van der Waals surface area contributed by atoms with Crippen molar-refractivity contribution < 1.29 is 9.59 Å². The zero-order chi connectivity index (χ0) is 13.1. The van der Waals surface area contributed by atoms with Crippen molar-refractivity contribution in [3.8, 4) is 0 Å². The Morgan fingerprint density at radius 3 is 2.56 bits per heavy atom. The van der Waals surface area contributed by atoms with Crippen molar-refractivity contribution in [1.82, 2.24) is 9.78 Å². The van der Waals surface area contributed by atoms with Gasteiger partial charge in [-0.3, -0.25) is 14.3 Å². The maximum absolute atomic E-state index is 11.9. The molecular weight excluding hydrogens is 252 g/mol. The molecule has 0 aliphatic rings. The second-order valence-electron chi connectivity index (χ2n) is 3.88. The normalized spacial score (nSPS) is 10.3. The number of benzene rings is 1. The molecule has 0 spiro atoms. The summed E-state index contributed by atoms with van der Waals surface area (Å²) in [6, 6.07) is 8.27. The van der Waals surface area contributed by atoms with Crippen LogP contribution in [0.3, 0.4) is 0 Å². The molecule has 0 saturated heterocycles. The fourth-order valence-corrected chi connectivity index (χ4v) is 1.82. The number of hydrogen-bond acceptors (Lipinski definition) is 3. The lowest BCUT2D eigenvalue weighted by Gasteiger charge is -2.01. The molecule has 0 unspecified atom stereocenters. The molecule has 0 saturated carbocycles. The van der Waals surface area contributed by atoms with Gasteiger partial charge < -0.3 is 0 Å². The summed E-state index contributed by atoms with van der Waals surface area (Å²) in [6.07, 6.45) is 1.44. The molecule has 2 rings (SSSR count). The van der Waals surface area contributed by atoms with Gasteiger partial charge in [0.2, 0.25) is 0 Å². The first-order valence-corrected chi connectivity index (χ1v) is 5.76. The molecule has 0 bridgehead atoms. The lowest BCUT2D eigenvalue weighted by Crippen LogP contribution is -2.10. The van der Waals surface area contributed by atoms with Crippen LogP contribution in [0.1, 0.15) is 27.3 Å². The summed E-state index contributed by atoms with van der Waals surface area (Å²) < 4.78 is 1.52. The standard InChI is InChI=1S/C13H11ClN2O2/c1-16-7-6-11(15-16)13(18)8-12(17)9-4-2-3-5-10(9)14/h2-7H,8H2,1H3. The fraction of sp³-hybridized carbons (Fsp3) is 0.154. The molecule has 4 nitrogen and oxygen atoms in total. The smallest absolute Gasteiger partial charge is 0.190 e. The molecule has 1 heterocycles. The predicted molar refractivity (Wildman–Crippen MR) is 67.9 cm³/mol. The van der Waals surface area contributed by atoms with Crippen LogP contribution in [-0.4, -0.2) is 21.3 Å². The predicted octanol–water partition coefficient (Wildman–Crippen LogP) is 2.53. The molecule has 0 radical (unpaired) electrons. The molecule has 18 heavy (non-hydrogen) atoms. The Balaban J connectivity index is 2.13. The third-order valence-electron chi connectivity index (χ3n) is 2.49. The van der Waals surface area contributed by atoms with Crippen LogP contribution in [-0.2, 0) is 7.05 Å². The molecule has 0 N–H and O–H groups in total. The van der Waals surface area contributed by atoms with E-state index in [-0.39, 0.29) is 23.7 Å². The van der Waals surface area contributed by atoms with E-state index in [1.807, 2.05) is 0 Å². The Hall–Kier alpha value is -1.94. The van der Waals surface area contributed by atoms with Crippen LogP contribution in [0.25, 0.3) is 0 Å². The molecule has 5 heteroatoms. The SMILES string of the molecule is Cn1ccc(C(=O)CC(=O)c2ccccc2Cl)n1. The summed E-state index contributed by atoms with van der Waals surface area (Å²) in [5.41, 5.74) is 0.654. The molecule has 1 aromatic heterocycles. The number of halogens is 1. The summed E-state index contributed by atoms with van der Waals surface area (Å²) in [5, 5.41) is 4.32. The van der Waals surface area contributed by atoms with E-state index in [1.54, 1.807) is 43.6 Å². The maximum Gasteiger partial charge on any atom is 0.190 e. The Kier molecular flexibility index (Phi) is 3.58. The van der Waals surface area contributed by atoms with Crippen LogP contribution in [0.5, 0.6) is 0 Å². The highest BCUT2D eigenvalue weighted by atomic mass is 35.5. The van der Waals surface area contributed by atoms with E-state index in [0.29, 0.717) is 10.6 Å². The molecule has 2 aromatic rings. The van der Waals surface area contributed by atoms with Gasteiger partial charge in [-0.2, -0.15) is 5.10 Å². The molecule has 0 aliphatic carbocycles. The van der Waals surface area contributed by atoms with Gasteiger partial charge in [-0.1, -0.05) is 23.7 Å². The summed E-state index contributed by atoms with van der Waals surface area (Å²) in [5.74, 6) is -0.600. The first kappa shape index (κ1) is 12.5. The molecule has 0 fully saturated rings. The summed E-state index contributed by atoms with van der Waals surface area (Å²) in [6.45, 7) is 0. The van der Waals surface area contributed by atoms with E-state index in [2.05, 4.69) is 5.10 Å². The minimum atomic E-state index is -0.305. The number of ketones is 2. The Morgan fingerprint density at radius 1 is 1.22 bits per heavy atom. The van der Waals surface area contributed by atoms with Crippen molar-refractivity contribution in [1.29, 1.82) is 0 Å².